The first kappa shape index (κ1) is 12.0. The van der Waals surface area contributed by atoms with Gasteiger partial charge in [0.25, 0.3) is 5.91 Å². The van der Waals surface area contributed by atoms with Gasteiger partial charge >= 0.3 is 0 Å². The number of amides is 1. The molecule has 0 spiro atoms. The second-order valence-electron chi connectivity index (χ2n) is 4.71. The third-order valence-corrected chi connectivity index (χ3v) is 3.18. The fraction of sp³-hybridized carbons (Fsp3) is 0.500. The number of rotatable bonds is 4. The van der Waals surface area contributed by atoms with Crippen LogP contribution in [0.2, 0.25) is 0 Å². The molecule has 1 aliphatic heterocycles. The summed E-state index contributed by atoms with van der Waals surface area (Å²) in [7, 11) is 0. The fourth-order valence-corrected chi connectivity index (χ4v) is 2.26. The lowest BCUT2D eigenvalue weighted by Gasteiger charge is -2.13. The van der Waals surface area contributed by atoms with Gasteiger partial charge in [-0.15, -0.1) is 0 Å². The number of anilines is 1. The Morgan fingerprint density at radius 3 is 3.12 bits per heavy atom. The van der Waals surface area contributed by atoms with Crippen molar-refractivity contribution in [2.24, 2.45) is 0 Å². The number of hydrogen-bond donors (Lipinski definition) is 2. The predicted molar refractivity (Wildman–Crippen MR) is 70.5 cm³/mol. The topological polar surface area (TPSA) is 41.1 Å². The molecule has 3 nitrogen and oxygen atoms in total. The molecule has 0 radical (unpaired) electrons. The Hall–Kier alpha value is -1.51. The summed E-state index contributed by atoms with van der Waals surface area (Å²) in [6, 6.07) is 6.15. The minimum absolute atomic E-state index is 0.0423. The van der Waals surface area contributed by atoms with Gasteiger partial charge in [-0.05, 0) is 43.5 Å². The third kappa shape index (κ3) is 2.78. The van der Waals surface area contributed by atoms with Crippen LogP contribution in [0.25, 0.3) is 0 Å². The van der Waals surface area contributed by atoms with E-state index in [-0.39, 0.29) is 11.9 Å². The summed E-state index contributed by atoms with van der Waals surface area (Å²) in [5.74, 6) is 0.0423. The first-order valence-electron chi connectivity index (χ1n) is 6.38. The van der Waals surface area contributed by atoms with Gasteiger partial charge in [-0.2, -0.15) is 0 Å². The maximum absolute atomic E-state index is 12.0. The largest absolute Gasteiger partial charge is 0.384 e. The molecule has 1 amide bonds. The Balaban J connectivity index is 2.04. The van der Waals surface area contributed by atoms with E-state index in [1.807, 2.05) is 18.2 Å². The van der Waals surface area contributed by atoms with Crippen LogP contribution in [-0.2, 0) is 6.42 Å². The highest BCUT2D eigenvalue weighted by molar-refractivity contribution is 5.95. The van der Waals surface area contributed by atoms with Crippen LogP contribution < -0.4 is 10.6 Å². The molecule has 0 aliphatic carbocycles. The van der Waals surface area contributed by atoms with Crippen molar-refractivity contribution >= 4 is 11.6 Å². The molecule has 1 aliphatic rings. The fourth-order valence-electron chi connectivity index (χ4n) is 2.26. The van der Waals surface area contributed by atoms with Crippen molar-refractivity contribution in [3.63, 3.8) is 0 Å². The molecule has 2 rings (SSSR count). The molecule has 0 unspecified atom stereocenters. The summed E-state index contributed by atoms with van der Waals surface area (Å²) < 4.78 is 0. The summed E-state index contributed by atoms with van der Waals surface area (Å²) >= 11 is 0. The Morgan fingerprint density at radius 2 is 2.35 bits per heavy atom. The molecule has 1 heterocycles. The van der Waals surface area contributed by atoms with Crippen LogP contribution in [0.15, 0.2) is 18.2 Å². The van der Waals surface area contributed by atoms with E-state index >= 15 is 0 Å². The van der Waals surface area contributed by atoms with Crippen LogP contribution in [0, 0.1) is 0 Å². The lowest BCUT2D eigenvalue weighted by molar-refractivity contribution is 0.0938. The third-order valence-electron chi connectivity index (χ3n) is 3.18. The van der Waals surface area contributed by atoms with Crippen molar-refractivity contribution in [2.45, 2.75) is 39.2 Å². The number of fused-ring (bicyclic) bond motifs is 1. The average molecular weight is 232 g/mol. The van der Waals surface area contributed by atoms with Crippen LogP contribution in [0.4, 0.5) is 5.69 Å². The number of hydrogen-bond acceptors (Lipinski definition) is 2. The highest BCUT2D eigenvalue weighted by atomic mass is 16.1. The van der Waals surface area contributed by atoms with Crippen LogP contribution in [0.1, 0.15) is 42.6 Å². The van der Waals surface area contributed by atoms with Crippen molar-refractivity contribution in [1.29, 1.82) is 0 Å². The summed E-state index contributed by atoms with van der Waals surface area (Å²) in [6.07, 6.45) is 3.13. The molecule has 1 aromatic rings. The second kappa shape index (κ2) is 5.21. The summed E-state index contributed by atoms with van der Waals surface area (Å²) in [4.78, 5) is 12.0. The van der Waals surface area contributed by atoms with Crippen molar-refractivity contribution in [1.82, 2.24) is 5.32 Å². The molecule has 92 valence electrons. The van der Waals surface area contributed by atoms with E-state index in [9.17, 15) is 4.79 Å². The maximum Gasteiger partial charge on any atom is 0.251 e. The zero-order valence-electron chi connectivity index (χ0n) is 10.5. The maximum atomic E-state index is 12.0. The standard InChI is InChI=1S/C14H20N2O/c1-3-4-10(2)16-14(17)12-5-6-13-11(9-12)7-8-15-13/h5-6,9-10,15H,3-4,7-8H2,1-2H3,(H,16,17)/t10-/m1/s1. The molecular formula is C14H20N2O. The molecule has 2 N–H and O–H groups in total. The van der Waals surface area contributed by atoms with E-state index in [2.05, 4.69) is 24.5 Å². The summed E-state index contributed by atoms with van der Waals surface area (Å²) in [5.41, 5.74) is 3.19. The van der Waals surface area contributed by atoms with Gasteiger partial charge in [-0.1, -0.05) is 13.3 Å². The number of nitrogens with one attached hydrogen (secondary N) is 2. The Kier molecular flexibility index (Phi) is 3.67. The van der Waals surface area contributed by atoms with Crippen molar-refractivity contribution in [3.05, 3.63) is 29.3 Å². The zero-order chi connectivity index (χ0) is 12.3. The minimum Gasteiger partial charge on any atom is -0.384 e. The number of benzene rings is 1. The van der Waals surface area contributed by atoms with Gasteiger partial charge in [0.05, 0.1) is 0 Å². The van der Waals surface area contributed by atoms with Gasteiger partial charge in [0.15, 0.2) is 0 Å². The van der Waals surface area contributed by atoms with Crippen LogP contribution in [-0.4, -0.2) is 18.5 Å². The highest BCUT2D eigenvalue weighted by Crippen LogP contribution is 2.22. The zero-order valence-corrected chi connectivity index (χ0v) is 10.5. The monoisotopic (exact) mass is 232 g/mol. The molecule has 17 heavy (non-hydrogen) atoms. The molecular weight excluding hydrogens is 212 g/mol. The lowest BCUT2D eigenvalue weighted by Crippen LogP contribution is -2.32. The van der Waals surface area contributed by atoms with E-state index in [1.165, 1.54) is 11.3 Å². The normalized spacial score (nSPS) is 14.9. The Morgan fingerprint density at radius 1 is 1.53 bits per heavy atom. The second-order valence-corrected chi connectivity index (χ2v) is 4.71. The lowest BCUT2D eigenvalue weighted by atomic mass is 10.1. The van der Waals surface area contributed by atoms with Crippen molar-refractivity contribution in [3.8, 4) is 0 Å². The molecule has 0 aromatic heterocycles. The van der Waals surface area contributed by atoms with Crippen LogP contribution in [0.5, 0.6) is 0 Å². The molecule has 1 atom stereocenters. The predicted octanol–water partition coefficient (Wildman–Crippen LogP) is 2.57. The molecule has 0 saturated heterocycles. The Bertz CT molecular complexity index is 415. The van der Waals surface area contributed by atoms with Gasteiger partial charge in [0.2, 0.25) is 0 Å². The molecule has 0 fully saturated rings. The van der Waals surface area contributed by atoms with Crippen molar-refractivity contribution < 1.29 is 4.79 Å². The summed E-state index contributed by atoms with van der Waals surface area (Å²) in [5, 5.41) is 6.32. The molecule has 0 bridgehead atoms. The average Bonchev–Trinajstić information content (AvgIpc) is 2.75. The van der Waals surface area contributed by atoms with E-state index in [1.54, 1.807) is 0 Å². The molecule has 0 saturated carbocycles. The van der Waals surface area contributed by atoms with Gasteiger partial charge in [0.1, 0.15) is 0 Å². The molecule has 1 aromatic carbocycles. The SMILES string of the molecule is CCC[C@@H](C)NC(=O)c1ccc2c(c1)CCN2. The summed E-state index contributed by atoms with van der Waals surface area (Å²) in [6.45, 7) is 5.16. The van der Waals surface area contributed by atoms with Gasteiger partial charge < -0.3 is 10.6 Å². The first-order chi connectivity index (χ1) is 8.20. The first-order valence-corrected chi connectivity index (χ1v) is 6.38. The van der Waals surface area contributed by atoms with E-state index < -0.39 is 0 Å². The van der Waals surface area contributed by atoms with E-state index in [0.717, 1.165) is 31.4 Å². The van der Waals surface area contributed by atoms with Gasteiger partial charge in [0, 0.05) is 23.8 Å². The quantitative estimate of drug-likeness (QED) is 0.837. The highest BCUT2D eigenvalue weighted by Gasteiger charge is 2.14. The Labute approximate surface area is 103 Å². The minimum atomic E-state index is 0.0423. The number of carbonyl (C=O) groups excluding carboxylic acids is 1. The van der Waals surface area contributed by atoms with Crippen LogP contribution >= 0.6 is 0 Å². The number of carbonyl (C=O) groups is 1. The van der Waals surface area contributed by atoms with E-state index in [4.69, 9.17) is 0 Å². The van der Waals surface area contributed by atoms with E-state index in [0.29, 0.717) is 0 Å². The van der Waals surface area contributed by atoms with Crippen molar-refractivity contribution in [2.75, 3.05) is 11.9 Å². The molecule has 3 heteroatoms. The van der Waals surface area contributed by atoms with Gasteiger partial charge in [-0.25, -0.2) is 0 Å². The van der Waals surface area contributed by atoms with Crippen LogP contribution in [0.3, 0.4) is 0 Å². The van der Waals surface area contributed by atoms with Gasteiger partial charge in [-0.3, -0.25) is 4.79 Å². The smallest absolute Gasteiger partial charge is 0.251 e.